The largest absolute Gasteiger partial charge is 0.472 e. The van der Waals surface area contributed by atoms with E-state index in [2.05, 4.69) is 26.6 Å². The lowest BCUT2D eigenvalue weighted by atomic mass is 10.3. The van der Waals surface area contributed by atoms with Gasteiger partial charge in [-0.3, -0.25) is 0 Å². The summed E-state index contributed by atoms with van der Waals surface area (Å²) < 4.78 is 6.23. The fourth-order valence-electron chi connectivity index (χ4n) is 1.51. The SMILES string of the molecule is O=C(NCOc1ccc(Cl)cc1Cl)Nc1cccc(Br)c1. The van der Waals surface area contributed by atoms with Crippen molar-refractivity contribution in [2.24, 2.45) is 0 Å². The van der Waals surface area contributed by atoms with Crippen LogP contribution >= 0.6 is 39.1 Å². The minimum absolute atomic E-state index is 0.0127. The molecule has 0 radical (unpaired) electrons. The summed E-state index contributed by atoms with van der Waals surface area (Å²) in [7, 11) is 0. The Morgan fingerprint density at radius 2 is 2.00 bits per heavy atom. The maximum absolute atomic E-state index is 11.7. The van der Waals surface area contributed by atoms with Crippen molar-refractivity contribution < 1.29 is 9.53 Å². The first-order valence-corrected chi connectivity index (χ1v) is 7.48. The average molecular weight is 390 g/mol. The Kier molecular flexibility index (Phi) is 5.73. The fourth-order valence-corrected chi connectivity index (χ4v) is 2.38. The van der Waals surface area contributed by atoms with Gasteiger partial charge in [-0.1, -0.05) is 45.2 Å². The Hall–Kier alpha value is -1.43. The van der Waals surface area contributed by atoms with Crippen molar-refractivity contribution in [2.45, 2.75) is 0 Å². The molecule has 2 aromatic carbocycles. The molecule has 0 heterocycles. The van der Waals surface area contributed by atoms with Crippen molar-refractivity contribution in [3.8, 4) is 5.75 Å². The highest BCUT2D eigenvalue weighted by Crippen LogP contribution is 2.27. The molecule has 0 spiro atoms. The van der Waals surface area contributed by atoms with Crippen molar-refractivity contribution in [2.75, 3.05) is 12.0 Å². The van der Waals surface area contributed by atoms with Gasteiger partial charge in [0.1, 0.15) is 5.75 Å². The van der Waals surface area contributed by atoms with Gasteiger partial charge in [-0.25, -0.2) is 4.79 Å². The minimum atomic E-state index is -0.377. The molecule has 0 saturated heterocycles. The summed E-state index contributed by atoms with van der Waals surface area (Å²) in [5.41, 5.74) is 0.673. The van der Waals surface area contributed by atoms with E-state index in [1.165, 1.54) is 0 Å². The highest BCUT2D eigenvalue weighted by molar-refractivity contribution is 9.10. The molecule has 0 aliphatic heterocycles. The topological polar surface area (TPSA) is 50.4 Å². The van der Waals surface area contributed by atoms with E-state index in [0.717, 1.165) is 4.47 Å². The van der Waals surface area contributed by atoms with Crippen LogP contribution in [0.3, 0.4) is 0 Å². The molecule has 0 saturated carbocycles. The molecular weight excluding hydrogens is 379 g/mol. The first-order valence-electron chi connectivity index (χ1n) is 5.93. The van der Waals surface area contributed by atoms with Gasteiger partial charge >= 0.3 is 6.03 Å². The van der Waals surface area contributed by atoms with Crippen LogP contribution in [0.4, 0.5) is 10.5 Å². The number of nitrogens with one attached hydrogen (secondary N) is 2. The van der Waals surface area contributed by atoms with Crippen LogP contribution in [-0.4, -0.2) is 12.8 Å². The van der Waals surface area contributed by atoms with Crippen molar-refractivity contribution in [1.29, 1.82) is 0 Å². The third-order valence-electron chi connectivity index (χ3n) is 2.44. The van der Waals surface area contributed by atoms with E-state index in [1.54, 1.807) is 30.3 Å². The first-order chi connectivity index (χ1) is 10.0. The predicted octanol–water partition coefficient (Wildman–Crippen LogP) is 4.91. The van der Waals surface area contributed by atoms with Crippen LogP contribution in [0, 0.1) is 0 Å². The number of carbonyl (C=O) groups excluding carboxylic acids is 1. The molecule has 4 nitrogen and oxygen atoms in total. The first kappa shape index (κ1) is 15.9. The van der Waals surface area contributed by atoms with Gasteiger partial charge in [0.2, 0.25) is 0 Å². The highest BCUT2D eigenvalue weighted by Gasteiger charge is 2.04. The zero-order chi connectivity index (χ0) is 15.2. The van der Waals surface area contributed by atoms with E-state index in [9.17, 15) is 4.79 Å². The molecule has 0 aromatic heterocycles. The zero-order valence-corrected chi connectivity index (χ0v) is 13.8. The van der Waals surface area contributed by atoms with Gasteiger partial charge in [-0.15, -0.1) is 0 Å². The summed E-state index contributed by atoms with van der Waals surface area (Å²) in [5, 5.41) is 6.15. The number of ether oxygens (including phenoxy) is 1. The number of amides is 2. The van der Waals surface area contributed by atoms with E-state index in [0.29, 0.717) is 21.5 Å². The van der Waals surface area contributed by atoms with Crippen molar-refractivity contribution in [1.82, 2.24) is 5.32 Å². The quantitative estimate of drug-likeness (QED) is 0.729. The summed E-state index contributed by atoms with van der Waals surface area (Å²) in [6, 6.07) is 11.7. The van der Waals surface area contributed by atoms with Crippen LogP contribution < -0.4 is 15.4 Å². The number of anilines is 1. The number of hydrogen-bond donors (Lipinski definition) is 2. The van der Waals surface area contributed by atoms with E-state index < -0.39 is 0 Å². The smallest absolute Gasteiger partial charge is 0.321 e. The molecule has 7 heteroatoms. The number of halogens is 3. The normalized spacial score (nSPS) is 10.0. The van der Waals surface area contributed by atoms with Gasteiger partial charge < -0.3 is 15.4 Å². The van der Waals surface area contributed by atoms with Crippen molar-refractivity contribution in [3.05, 3.63) is 57.0 Å². The van der Waals surface area contributed by atoms with Gasteiger partial charge in [-0.05, 0) is 36.4 Å². The Morgan fingerprint density at radius 1 is 1.19 bits per heavy atom. The molecular formula is C14H11BrCl2N2O2. The van der Waals surface area contributed by atoms with Crippen LogP contribution in [0.15, 0.2) is 46.9 Å². The highest BCUT2D eigenvalue weighted by atomic mass is 79.9. The molecule has 21 heavy (non-hydrogen) atoms. The van der Waals surface area contributed by atoms with Crippen LogP contribution in [0.25, 0.3) is 0 Å². The average Bonchev–Trinajstić information content (AvgIpc) is 2.41. The lowest BCUT2D eigenvalue weighted by Gasteiger charge is -2.10. The lowest BCUT2D eigenvalue weighted by Crippen LogP contribution is -2.32. The maximum Gasteiger partial charge on any atom is 0.321 e. The number of rotatable bonds is 4. The third kappa shape index (κ3) is 5.12. The summed E-state index contributed by atoms with van der Waals surface area (Å²) in [5.74, 6) is 0.448. The lowest BCUT2D eigenvalue weighted by molar-refractivity contribution is 0.234. The van der Waals surface area contributed by atoms with Gasteiger partial charge in [0.05, 0.1) is 5.02 Å². The minimum Gasteiger partial charge on any atom is -0.472 e. The molecule has 0 aliphatic carbocycles. The summed E-state index contributed by atoms with van der Waals surface area (Å²) >= 11 is 15.1. The van der Waals surface area contributed by atoms with E-state index >= 15 is 0 Å². The Balaban J connectivity index is 1.81. The monoisotopic (exact) mass is 388 g/mol. The van der Waals surface area contributed by atoms with E-state index in [-0.39, 0.29) is 12.8 Å². The molecule has 0 unspecified atom stereocenters. The zero-order valence-electron chi connectivity index (χ0n) is 10.7. The molecule has 0 aliphatic rings. The fraction of sp³-hybridized carbons (Fsp3) is 0.0714. The second-order valence-corrected chi connectivity index (χ2v) is 5.76. The summed E-state index contributed by atoms with van der Waals surface area (Å²) in [6.45, 7) is -0.0127. The number of hydrogen-bond acceptors (Lipinski definition) is 2. The van der Waals surface area contributed by atoms with E-state index in [4.69, 9.17) is 27.9 Å². The summed E-state index contributed by atoms with van der Waals surface area (Å²) in [4.78, 5) is 11.7. The third-order valence-corrected chi connectivity index (χ3v) is 3.46. The molecule has 2 N–H and O–H groups in total. The van der Waals surface area contributed by atoms with Crippen LogP contribution in [0.1, 0.15) is 0 Å². The predicted molar refractivity (Wildman–Crippen MR) is 88.3 cm³/mol. The van der Waals surface area contributed by atoms with Gasteiger partial charge in [0.15, 0.2) is 6.73 Å². The molecule has 0 bridgehead atoms. The van der Waals surface area contributed by atoms with Gasteiger partial charge in [-0.2, -0.15) is 0 Å². The molecule has 2 rings (SSSR count). The van der Waals surface area contributed by atoms with Crippen LogP contribution in [-0.2, 0) is 0 Å². The van der Waals surface area contributed by atoms with Crippen LogP contribution in [0.5, 0.6) is 5.75 Å². The number of carbonyl (C=O) groups is 1. The number of urea groups is 1. The summed E-state index contributed by atoms with van der Waals surface area (Å²) in [6.07, 6.45) is 0. The van der Waals surface area contributed by atoms with Gasteiger partial charge in [0, 0.05) is 15.2 Å². The molecule has 110 valence electrons. The van der Waals surface area contributed by atoms with Crippen LogP contribution in [0.2, 0.25) is 10.0 Å². The van der Waals surface area contributed by atoms with Crippen molar-refractivity contribution in [3.63, 3.8) is 0 Å². The second kappa shape index (κ2) is 7.54. The second-order valence-electron chi connectivity index (χ2n) is 4.00. The number of benzene rings is 2. The van der Waals surface area contributed by atoms with Crippen molar-refractivity contribution >= 4 is 50.9 Å². The standard InChI is InChI=1S/C14H11BrCl2N2O2/c15-9-2-1-3-11(6-9)19-14(20)18-8-21-13-5-4-10(16)7-12(13)17/h1-7H,8H2,(H2,18,19,20). The van der Waals surface area contributed by atoms with E-state index in [1.807, 2.05) is 12.1 Å². The molecule has 2 amide bonds. The molecule has 2 aromatic rings. The molecule has 0 fully saturated rings. The Morgan fingerprint density at radius 3 is 2.71 bits per heavy atom. The maximum atomic E-state index is 11.7. The van der Waals surface area contributed by atoms with Gasteiger partial charge in [0.25, 0.3) is 0 Å². The Bertz CT molecular complexity index is 653. The Labute approximate surface area is 140 Å². The molecule has 0 atom stereocenters.